The van der Waals surface area contributed by atoms with E-state index in [0.717, 1.165) is 32.1 Å². The maximum atomic E-state index is 12.0. The van der Waals surface area contributed by atoms with Crippen LogP contribution in [-0.4, -0.2) is 24.6 Å². The van der Waals surface area contributed by atoms with Gasteiger partial charge < -0.3 is 9.47 Å². The first-order chi connectivity index (χ1) is 14.0. The molecule has 0 saturated carbocycles. The van der Waals surface area contributed by atoms with E-state index >= 15 is 0 Å². The number of ether oxygens (including phenoxy) is 2. The monoisotopic (exact) mass is 412 g/mol. The zero-order valence-electron chi connectivity index (χ0n) is 19.8. The minimum absolute atomic E-state index is 0.00857. The van der Waals surface area contributed by atoms with Crippen molar-refractivity contribution >= 4 is 11.9 Å². The van der Waals surface area contributed by atoms with Crippen LogP contribution in [0.15, 0.2) is 0 Å². The van der Waals surface area contributed by atoms with Gasteiger partial charge in [-0.25, -0.2) is 0 Å². The fourth-order valence-electron chi connectivity index (χ4n) is 3.70. The zero-order chi connectivity index (χ0) is 21.7. The standard InChI is InChI=1S/C25H48O4/c1-5-8-9-10-11-12-13-14-15-16-21-28-24(26)19-17-20-25(27)29-23(7-3)22(4)18-6-2/h22-23H,5-21H2,1-4H3. The van der Waals surface area contributed by atoms with E-state index in [-0.39, 0.29) is 18.0 Å². The molecule has 0 spiro atoms. The fraction of sp³-hybridized carbons (Fsp3) is 0.920. The lowest BCUT2D eigenvalue weighted by Crippen LogP contribution is -2.24. The molecule has 172 valence electrons. The molecule has 2 atom stereocenters. The Bertz CT molecular complexity index is 394. The lowest BCUT2D eigenvalue weighted by molar-refractivity contribution is -0.152. The summed E-state index contributed by atoms with van der Waals surface area (Å²) in [6, 6.07) is 0. The molecule has 0 aromatic rings. The van der Waals surface area contributed by atoms with Gasteiger partial charge in [-0.05, 0) is 31.6 Å². The Balaban J connectivity index is 3.56. The van der Waals surface area contributed by atoms with Gasteiger partial charge in [0.2, 0.25) is 0 Å². The molecule has 29 heavy (non-hydrogen) atoms. The second-order valence-electron chi connectivity index (χ2n) is 8.46. The van der Waals surface area contributed by atoms with Gasteiger partial charge in [0, 0.05) is 12.8 Å². The average Bonchev–Trinajstić information content (AvgIpc) is 2.70. The molecule has 0 aliphatic carbocycles. The Morgan fingerprint density at radius 3 is 1.79 bits per heavy atom. The van der Waals surface area contributed by atoms with Crippen molar-refractivity contribution in [2.24, 2.45) is 5.92 Å². The first-order valence-corrected chi connectivity index (χ1v) is 12.4. The zero-order valence-corrected chi connectivity index (χ0v) is 19.8. The van der Waals surface area contributed by atoms with E-state index < -0.39 is 0 Å². The average molecular weight is 413 g/mol. The van der Waals surface area contributed by atoms with Gasteiger partial charge in [-0.2, -0.15) is 0 Å². The number of unbranched alkanes of at least 4 members (excludes halogenated alkanes) is 9. The topological polar surface area (TPSA) is 52.6 Å². The highest BCUT2D eigenvalue weighted by molar-refractivity contribution is 5.72. The van der Waals surface area contributed by atoms with Crippen LogP contribution in [0.3, 0.4) is 0 Å². The molecule has 0 rings (SSSR count). The summed E-state index contributed by atoms with van der Waals surface area (Å²) in [5, 5.41) is 0. The van der Waals surface area contributed by atoms with Crippen molar-refractivity contribution in [3.05, 3.63) is 0 Å². The van der Waals surface area contributed by atoms with E-state index in [0.29, 0.717) is 31.8 Å². The van der Waals surface area contributed by atoms with Gasteiger partial charge in [-0.15, -0.1) is 0 Å². The molecule has 0 heterocycles. The van der Waals surface area contributed by atoms with Gasteiger partial charge in [0.25, 0.3) is 0 Å². The van der Waals surface area contributed by atoms with Crippen LogP contribution < -0.4 is 0 Å². The van der Waals surface area contributed by atoms with Crippen LogP contribution in [-0.2, 0) is 19.1 Å². The molecule has 0 amide bonds. The number of rotatable bonds is 20. The molecule has 0 aromatic heterocycles. The Morgan fingerprint density at radius 1 is 0.690 bits per heavy atom. The van der Waals surface area contributed by atoms with Gasteiger partial charge in [0.1, 0.15) is 6.10 Å². The van der Waals surface area contributed by atoms with Crippen LogP contribution in [0.2, 0.25) is 0 Å². The molecule has 0 radical (unpaired) electrons. The van der Waals surface area contributed by atoms with Crippen LogP contribution in [0.25, 0.3) is 0 Å². The van der Waals surface area contributed by atoms with Crippen LogP contribution in [0.1, 0.15) is 130 Å². The molecule has 4 nitrogen and oxygen atoms in total. The Morgan fingerprint density at radius 2 is 1.24 bits per heavy atom. The van der Waals surface area contributed by atoms with Gasteiger partial charge in [-0.3, -0.25) is 9.59 Å². The lowest BCUT2D eigenvalue weighted by atomic mass is 9.97. The maximum absolute atomic E-state index is 12.0. The third kappa shape index (κ3) is 17.5. The molecule has 0 aliphatic heterocycles. The van der Waals surface area contributed by atoms with Crippen LogP contribution in [0, 0.1) is 5.92 Å². The summed E-state index contributed by atoms with van der Waals surface area (Å²) in [7, 11) is 0. The Kier molecular flexibility index (Phi) is 19.5. The van der Waals surface area contributed by atoms with E-state index in [1.54, 1.807) is 0 Å². The van der Waals surface area contributed by atoms with E-state index in [9.17, 15) is 9.59 Å². The third-order valence-corrected chi connectivity index (χ3v) is 5.59. The lowest BCUT2D eigenvalue weighted by Gasteiger charge is -2.22. The predicted octanol–water partition coefficient (Wildman–Crippen LogP) is 7.38. The normalized spacial score (nSPS) is 13.1. The van der Waals surface area contributed by atoms with Crippen molar-refractivity contribution < 1.29 is 19.1 Å². The predicted molar refractivity (Wildman–Crippen MR) is 121 cm³/mol. The van der Waals surface area contributed by atoms with Crippen molar-refractivity contribution in [2.45, 2.75) is 137 Å². The highest BCUT2D eigenvalue weighted by Crippen LogP contribution is 2.18. The molecule has 0 aliphatic rings. The van der Waals surface area contributed by atoms with Crippen LogP contribution >= 0.6 is 0 Å². The summed E-state index contributed by atoms with van der Waals surface area (Å²) in [4.78, 5) is 23.8. The van der Waals surface area contributed by atoms with Crippen molar-refractivity contribution in [1.29, 1.82) is 0 Å². The summed E-state index contributed by atoms with van der Waals surface area (Å²) in [5.41, 5.74) is 0. The van der Waals surface area contributed by atoms with Crippen molar-refractivity contribution in [3.8, 4) is 0 Å². The summed E-state index contributed by atoms with van der Waals surface area (Å²) in [5.74, 6) is 0.00221. The van der Waals surface area contributed by atoms with Gasteiger partial charge in [0.15, 0.2) is 0 Å². The molecular weight excluding hydrogens is 364 g/mol. The molecule has 0 saturated heterocycles. The first-order valence-electron chi connectivity index (χ1n) is 12.4. The molecule has 2 unspecified atom stereocenters. The highest BCUT2D eigenvalue weighted by atomic mass is 16.5. The molecular formula is C25H48O4. The van der Waals surface area contributed by atoms with Crippen LogP contribution in [0.4, 0.5) is 0 Å². The SMILES string of the molecule is CCCCCCCCCCCCOC(=O)CCCC(=O)OC(CC)C(C)CCC. The van der Waals surface area contributed by atoms with Gasteiger partial charge in [0.05, 0.1) is 6.61 Å². The fourth-order valence-corrected chi connectivity index (χ4v) is 3.70. The van der Waals surface area contributed by atoms with Gasteiger partial charge in [-0.1, -0.05) is 91.9 Å². The summed E-state index contributed by atoms with van der Waals surface area (Å²) in [6.07, 6.45) is 16.8. The number of hydrogen-bond donors (Lipinski definition) is 0. The van der Waals surface area contributed by atoms with Crippen molar-refractivity contribution in [2.75, 3.05) is 6.61 Å². The number of hydrogen-bond acceptors (Lipinski definition) is 4. The van der Waals surface area contributed by atoms with E-state index in [1.807, 2.05) is 0 Å². The van der Waals surface area contributed by atoms with Crippen molar-refractivity contribution in [3.63, 3.8) is 0 Å². The van der Waals surface area contributed by atoms with E-state index in [4.69, 9.17) is 9.47 Å². The largest absolute Gasteiger partial charge is 0.466 e. The molecule has 0 aromatic carbocycles. The molecule has 0 N–H and O–H groups in total. The number of carbonyl (C=O) groups excluding carboxylic acids is 2. The first kappa shape index (κ1) is 27.9. The molecule has 0 fully saturated rings. The third-order valence-electron chi connectivity index (χ3n) is 5.59. The number of carbonyl (C=O) groups is 2. The Hall–Kier alpha value is -1.06. The highest BCUT2D eigenvalue weighted by Gasteiger charge is 2.19. The summed E-state index contributed by atoms with van der Waals surface area (Å²) < 4.78 is 10.9. The van der Waals surface area contributed by atoms with Gasteiger partial charge >= 0.3 is 11.9 Å². The minimum Gasteiger partial charge on any atom is -0.466 e. The van der Waals surface area contributed by atoms with Crippen LogP contribution in [0.5, 0.6) is 0 Å². The second-order valence-corrected chi connectivity index (χ2v) is 8.46. The second kappa shape index (κ2) is 20.2. The van der Waals surface area contributed by atoms with E-state index in [2.05, 4.69) is 27.7 Å². The Labute approximate surface area is 180 Å². The quantitative estimate of drug-likeness (QED) is 0.155. The minimum atomic E-state index is -0.194. The smallest absolute Gasteiger partial charge is 0.306 e. The molecule has 4 heteroatoms. The number of esters is 2. The summed E-state index contributed by atoms with van der Waals surface area (Å²) >= 11 is 0. The van der Waals surface area contributed by atoms with Crippen molar-refractivity contribution in [1.82, 2.24) is 0 Å². The maximum Gasteiger partial charge on any atom is 0.306 e. The van der Waals surface area contributed by atoms with E-state index in [1.165, 1.54) is 51.4 Å². The molecule has 0 bridgehead atoms. The summed E-state index contributed by atoms with van der Waals surface area (Å²) in [6.45, 7) is 9.09.